The van der Waals surface area contributed by atoms with E-state index in [1.54, 1.807) is 11.8 Å². The second-order valence-electron chi connectivity index (χ2n) is 3.84. The maximum Gasteiger partial charge on any atom is 0.325 e. The number of nitrogens with zero attached hydrogens (tertiary/aromatic N) is 2. The molecule has 16 heavy (non-hydrogen) atoms. The van der Waals surface area contributed by atoms with Gasteiger partial charge in [0.2, 0.25) is 0 Å². The summed E-state index contributed by atoms with van der Waals surface area (Å²) < 4.78 is 9.59. The molecule has 0 radical (unpaired) electrons. The topological polar surface area (TPSA) is 78.1 Å². The highest BCUT2D eigenvalue weighted by Crippen LogP contribution is 2.39. The molecule has 0 aromatic carbocycles. The number of methoxy groups -OCH3 is 1. The smallest absolute Gasteiger partial charge is 0.325 e. The molecule has 2 N–H and O–H groups in total. The number of rotatable bonds is 3. The van der Waals surface area contributed by atoms with Crippen LogP contribution in [0.5, 0.6) is 0 Å². The molecule has 1 saturated carbocycles. The number of ether oxygens (including phenoxy) is 1. The molecule has 1 aliphatic rings. The largest absolute Gasteiger partial charge is 0.468 e. The van der Waals surface area contributed by atoms with Crippen molar-refractivity contribution in [1.29, 1.82) is 0 Å². The van der Waals surface area contributed by atoms with Gasteiger partial charge in [-0.2, -0.15) is 4.37 Å². The van der Waals surface area contributed by atoms with Gasteiger partial charge in [-0.05, 0) is 30.8 Å². The van der Waals surface area contributed by atoms with E-state index in [4.69, 9.17) is 10.5 Å². The second kappa shape index (κ2) is 4.68. The van der Waals surface area contributed by atoms with Gasteiger partial charge in [0.1, 0.15) is 11.9 Å². The van der Waals surface area contributed by atoms with Crippen LogP contribution in [0.1, 0.15) is 19.3 Å². The number of carbonyl (C=O) groups is 1. The van der Waals surface area contributed by atoms with E-state index in [1.165, 1.54) is 25.0 Å². The molecule has 0 saturated heterocycles. The van der Waals surface area contributed by atoms with E-state index >= 15 is 0 Å². The van der Waals surface area contributed by atoms with Crippen LogP contribution in [0.4, 0.5) is 0 Å². The van der Waals surface area contributed by atoms with Crippen molar-refractivity contribution >= 4 is 29.3 Å². The number of aromatic nitrogens is 2. The van der Waals surface area contributed by atoms with Crippen molar-refractivity contribution < 1.29 is 9.53 Å². The fourth-order valence-electron chi connectivity index (χ4n) is 1.88. The van der Waals surface area contributed by atoms with Crippen molar-refractivity contribution in [2.24, 2.45) is 5.73 Å². The van der Waals surface area contributed by atoms with Gasteiger partial charge in [0.15, 0.2) is 4.34 Å². The zero-order valence-electron chi connectivity index (χ0n) is 8.88. The summed E-state index contributed by atoms with van der Waals surface area (Å²) in [7, 11) is 1.38. The molecule has 1 aliphatic carbocycles. The van der Waals surface area contributed by atoms with Crippen LogP contribution in [-0.2, 0) is 9.53 Å². The van der Waals surface area contributed by atoms with Crippen LogP contribution in [-0.4, -0.2) is 33.2 Å². The summed E-state index contributed by atoms with van der Waals surface area (Å²) in [5, 5.41) is 0.331. The van der Waals surface area contributed by atoms with Crippen LogP contribution in [0, 0.1) is 0 Å². The van der Waals surface area contributed by atoms with E-state index in [0.29, 0.717) is 18.1 Å². The van der Waals surface area contributed by atoms with E-state index in [-0.39, 0.29) is 5.97 Å². The molecule has 0 amide bonds. The third-order valence-electron chi connectivity index (χ3n) is 2.70. The van der Waals surface area contributed by atoms with Gasteiger partial charge in [-0.25, -0.2) is 4.98 Å². The van der Waals surface area contributed by atoms with Gasteiger partial charge in [0.05, 0.1) is 7.11 Å². The average Bonchev–Trinajstić information content (AvgIpc) is 2.89. The Bertz CT molecular complexity index is 371. The van der Waals surface area contributed by atoms with Gasteiger partial charge in [-0.1, -0.05) is 11.8 Å². The zero-order chi connectivity index (χ0) is 11.6. The maximum absolute atomic E-state index is 11.5. The van der Waals surface area contributed by atoms with Crippen molar-refractivity contribution in [3.05, 3.63) is 6.33 Å². The van der Waals surface area contributed by atoms with Crippen molar-refractivity contribution in [2.45, 2.75) is 34.4 Å². The van der Waals surface area contributed by atoms with Crippen molar-refractivity contribution in [3.63, 3.8) is 0 Å². The van der Waals surface area contributed by atoms with E-state index in [9.17, 15) is 4.79 Å². The molecule has 1 heterocycles. The molecule has 1 aromatic heterocycles. The summed E-state index contributed by atoms with van der Waals surface area (Å²) in [5.74, 6) is -0.312. The van der Waals surface area contributed by atoms with E-state index < -0.39 is 5.54 Å². The van der Waals surface area contributed by atoms with Gasteiger partial charge >= 0.3 is 5.97 Å². The molecule has 1 fully saturated rings. The van der Waals surface area contributed by atoms with E-state index in [1.807, 2.05) is 0 Å². The van der Waals surface area contributed by atoms with Crippen molar-refractivity contribution in [2.75, 3.05) is 7.11 Å². The fourth-order valence-corrected chi connectivity index (χ4v) is 3.87. The molecule has 0 spiro atoms. The SMILES string of the molecule is COC(=O)C1(N)CCC(Sc2ncns2)C1. The van der Waals surface area contributed by atoms with Gasteiger partial charge in [-0.15, -0.1) is 0 Å². The third-order valence-corrected chi connectivity index (χ3v) is 4.72. The Kier molecular flexibility index (Phi) is 3.46. The van der Waals surface area contributed by atoms with E-state index in [2.05, 4.69) is 9.36 Å². The van der Waals surface area contributed by atoms with Crippen LogP contribution in [0.15, 0.2) is 10.7 Å². The monoisotopic (exact) mass is 259 g/mol. The Labute approximate surface area is 102 Å². The molecule has 2 rings (SSSR count). The summed E-state index contributed by atoms with van der Waals surface area (Å²) in [6, 6.07) is 0. The third kappa shape index (κ3) is 2.36. The minimum Gasteiger partial charge on any atom is -0.468 e. The molecular weight excluding hydrogens is 246 g/mol. The summed E-state index contributed by atoms with van der Waals surface area (Å²) >= 11 is 3.01. The highest BCUT2D eigenvalue weighted by atomic mass is 32.2. The summed E-state index contributed by atoms with van der Waals surface area (Å²) in [4.78, 5) is 15.6. The molecule has 5 nitrogen and oxygen atoms in total. The molecule has 2 atom stereocenters. The maximum atomic E-state index is 11.5. The number of thioether (sulfide) groups is 1. The Morgan fingerprint density at radius 1 is 1.81 bits per heavy atom. The minimum atomic E-state index is -0.808. The first-order valence-corrected chi connectivity index (χ1v) is 6.60. The summed E-state index contributed by atoms with van der Waals surface area (Å²) in [6.07, 6.45) is 3.77. The number of nitrogens with two attached hydrogens (primary N) is 1. The molecule has 0 bridgehead atoms. The lowest BCUT2D eigenvalue weighted by Crippen LogP contribution is -2.46. The molecule has 7 heteroatoms. The first-order valence-electron chi connectivity index (χ1n) is 4.95. The molecular formula is C9H13N3O2S2. The summed E-state index contributed by atoms with van der Waals surface area (Å²) in [6.45, 7) is 0. The van der Waals surface area contributed by atoms with Crippen LogP contribution < -0.4 is 5.73 Å². The van der Waals surface area contributed by atoms with Crippen molar-refractivity contribution in [1.82, 2.24) is 9.36 Å². The second-order valence-corrected chi connectivity index (χ2v) is 6.17. The Morgan fingerprint density at radius 2 is 2.62 bits per heavy atom. The standard InChI is InChI=1S/C9H13N3O2S2/c1-14-7(13)9(10)3-2-6(4-9)15-8-11-5-12-16-8/h5-6H,2-4,10H2,1H3. The highest BCUT2D eigenvalue weighted by Gasteiger charge is 2.43. The lowest BCUT2D eigenvalue weighted by molar-refractivity contribution is -0.146. The minimum absolute atomic E-state index is 0.312. The lowest BCUT2D eigenvalue weighted by atomic mass is 10.00. The highest BCUT2D eigenvalue weighted by molar-refractivity contribution is 8.01. The lowest BCUT2D eigenvalue weighted by Gasteiger charge is -2.20. The molecule has 0 aliphatic heterocycles. The van der Waals surface area contributed by atoms with Crippen LogP contribution in [0.25, 0.3) is 0 Å². The molecule has 88 valence electrons. The predicted octanol–water partition coefficient (Wildman–Crippen LogP) is 1.05. The van der Waals surface area contributed by atoms with Gasteiger partial charge in [-0.3, -0.25) is 4.79 Å². The van der Waals surface area contributed by atoms with Gasteiger partial charge < -0.3 is 10.5 Å². The summed E-state index contributed by atoms with van der Waals surface area (Å²) in [5.41, 5.74) is 5.20. The first kappa shape index (κ1) is 11.8. The quantitative estimate of drug-likeness (QED) is 0.818. The number of hydrogen-bond acceptors (Lipinski definition) is 7. The number of carbonyl (C=O) groups excluding carboxylic acids is 1. The van der Waals surface area contributed by atoms with Crippen molar-refractivity contribution in [3.8, 4) is 0 Å². The van der Waals surface area contributed by atoms with Crippen LogP contribution in [0.3, 0.4) is 0 Å². The number of hydrogen-bond donors (Lipinski definition) is 1. The zero-order valence-corrected chi connectivity index (χ0v) is 10.5. The van der Waals surface area contributed by atoms with Crippen LogP contribution in [0.2, 0.25) is 0 Å². The normalized spacial score (nSPS) is 29.2. The number of esters is 1. The average molecular weight is 259 g/mol. The first-order chi connectivity index (χ1) is 7.64. The molecule has 1 aromatic rings. The van der Waals surface area contributed by atoms with E-state index in [0.717, 1.165) is 10.8 Å². The van der Waals surface area contributed by atoms with Gasteiger partial charge in [0.25, 0.3) is 0 Å². The Hall–Kier alpha value is -0.660. The molecule has 2 unspecified atom stereocenters. The van der Waals surface area contributed by atoms with Crippen LogP contribution >= 0.6 is 23.3 Å². The van der Waals surface area contributed by atoms with Gasteiger partial charge in [0, 0.05) is 5.25 Å². The predicted molar refractivity (Wildman–Crippen MR) is 62.3 cm³/mol. The Balaban J connectivity index is 1.95. The Morgan fingerprint density at radius 3 is 3.25 bits per heavy atom. The fraction of sp³-hybridized carbons (Fsp3) is 0.667.